The number of nitrogens with two attached hydrogens (primary N) is 1. The Labute approximate surface area is 220 Å². The zero-order chi connectivity index (χ0) is 25.8. The van der Waals surface area contributed by atoms with Crippen molar-refractivity contribution in [2.24, 2.45) is 11.7 Å². The Bertz CT molecular complexity index is 1160. The number of benzene rings is 2. The van der Waals surface area contributed by atoms with Gasteiger partial charge in [0.2, 0.25) is 5.91 Å². The van der Waals surface area contributed by atoms with Crippen LogP contribution in [0.1, 0.15) is 49.7 Å². The molecule has 2 aromatic rings. The number of rotatable bonds is 8. The maximum atomic E-state index is 13.8. The Morgan fingerprint density at radius 1 is 1.08 bits per heavy atom. The molecule has 2 fully saturated rings. The summed E-state index contributed by atoms with van der Waals surface area (Å²) in [6.07, 6.45) is 7.19. The Balaban J connectivity index is 1.52. The second-order valence-corrected chi connectivity index (χ2v) is 12.9. The van der Waals surface area contributed by atoms with Gasteiger partial charge in [0.05, 0.1) is 4.90 Å². The maximum Gasteiger partial charge on any atom is 0.226 e. The van der Waals surface area contributed by atoms with E-state index in [1.807, 2.05) is 24.3 Å². The van der Waals surface area contributed by atoms with Gasteiger partial charge in [-0.25, -0.2) is 8.42 Å². The van der Waals surface area contributed by atoms with E-state index in [-0.39, 0.29) is 23.3 Å². The third kappa shape index (κ3) is 6.31. The number of sulfone groups is 1. The van der Waals surface area contributed by atoms with Gasteiger partial charge in [-0.1, -0.05) is 35.9 Å². The highest BCUT2D eigenvalue weighted by atomic mass is 35.5. The fourth-order valence-corrected chi connectivity index (χ4v) is 6.73. The molecular formula is C28H38ClN3O3S. The second kappa shape index (κ2) is 11.6. The van der Waals surface area contributed by atoms with E-state index in [1.165, 1.54) is 11.8 Å². The van der Waals surface area contributed by atoms with Crippen molar-refractivity contribution in [1.29, 1.82) is 0 Å². The van der Waals surface area contributed by atoms with Gasteiger partial charge in [0.1, 0.15) is 0 Å². The molecule has 1 aliphatic carbocycles. The topological polar surface area (TPSA) is 92.5 Å². The summed E-state index contributed by atoms with van der Waals surface area (Å²) in [4.78, 5) is 16.2. The molecule has 2 aromatic carbocycles. The molecule has 1 heterocycles. The quantitative estimate of drug-likeness (QED) is 0.538. The molecule has 0 atom stereocenters. The highest BCUT2D eigenvalue weighted by molar-refractivity contribution is 7.90. The van der Waals surface area contributed by atoms with Crippen LogP contribution in [-0.2, 0) is 26.5 Å². The van der Waals surface area contributed by atoms with Crippen LogP contribution in [0.2, 0.25) is 5.02 Å². The molecule has 1 saturated carbocycles. The smallest absolute Gasteiger partial charge is 0.226 e. The summed E-state index contributed by atoms with van der Waals surface area (Å²) in [5.41, 5.74) is 8.33. The molecule has 196 valence electrons. The standard InChI is InChI=1S/C28H38ClN3O3S/c1-36(34,35)26-7-2-4-21(18-26)12-17-32(27(33)22-10-15-31-16-11-22)25-8-13-28(20-30,14-9-25)23-5-3-6-24(29)19-23/h2-7,18-19,22,25,31H,8-17,20,30H2,1H3/t25-,28-. The molecule has 6 nitrogen and oxygen atoms in total. The number of nitrogens with one attached hydrogen (secondary N) is 1. The first kappa shape index (κ1) is 27.1. The summed E-state index contributed by atoms with van der Waals surface area (Å²) in [6.45, 7) is 2.89. The molecule has 1 saturated heterocycles. The van der Waals surface area contributed by atoms with Crippen LogP contribution in [0.25, 0.3) is 0 Å². The van der Waals surface area contributed by atoms with Crippen LogP contribution in [0, 0.1) is 5.92 Å². The van der Waals surface area contributed by atoms with Crippen molar-refractivity contribution in [3.63, 3.8) is 0 Å². The molecule has 0 radical (unpaired) electrons. The molecule has 1 amide bonds. The summed E-state index contributed by atoms with van der Waals surface area (Å²) >= 11 is 6.29. The van der Waals surface area contributed by atoms with Crippen LogP contribution in [0.4, 0.5) is 0 Å². The molecule has 2 aliphatic rings. The van der Waals surface area contributed by atoms with Gasteiger partial charge in [0.25, 0.3) is 0 Å². The number of amides is 1. The van der Waals surface area contributed by atoms with Gasteiger partial charge in [0.15, 0.2) is 9.84 Å². The van der Waals surface area contributed by atoms with Gasteiger partial charge in [0, 0.05) is 41.7 Å². The van der Waals surface area contributed by atoms with Crippen molar-refractivity contribution in [2.45, 2.75) is 61.3 Å². The summed E-state index contributed by atoms with van der Waals surface area (Å²) in [7, 11) is -3.27. The van der Waals surface area contributed by atoms with Gasteiger partial charge >= 0.3 is 0 Å². The zero-order valence-electron chi connectivity index (χ0n) is 21.1. The van der Waals surface area contributed by atoms with E-state index in [2.05, 4.69) is 16.3 Å². The number of carbonyl (C=O) groups is 1. The van der Waals surface area contributed by atoms with Gasteiger partial charge in [-0.15, -0.1) is 0 Å². The summed E-state index contributed by atoms with van der Waals surface area (Å²) in [5, 5.41) is 4.08. The molecule has 0 bridgehead atoms. The molecule has 0 unspecified atom stereocenters. The first-order valence-corrected chi connectivity index (χ1v) is 15.3. The van der Waals surface area contributed by atoms with E-state index in [0.29, 0.717) is 24.4 Å². The van der Waals surface area contributed by atoms with Crippen molar-refractivity contribution in [3.8, 4) is 0 Å². The lowest BCUT2D eigenvalue weighted by atomic mass is 9.68. The lowest BCUT2D eigenvalue weighted by molar-refractivity contribution is -0.139. The lowest BCUT2D eigenvalue weighted by Crippen LogP contribution is -2.50. The number of hydrogen-bond acceptors (Lipinski definition) is 5. The van der Waals surface area contributed by atoms with E-state index >= 15 is 0 Å². The second-order valence-electron chi connectivity index (χ2n) is 10.5. The summed E-state index contributed by atoms with van der Waals surface area (Å²) in [6, 6.07) is 15.3. The Kier molecular flexibility index (Phi) is 8.76. The normalized spacial score (nSPS) is 23.4. The minimum Gasteiger partial charge on any atom is -0.339 e. The third-order valence-corrected chi connectivity index (χ3v) is 9.47. The first-order valence-electron chi connectivity index (χ1n) is 13.0. The van der Waals surface area contributed by atoms with E-state index in [9.17, 15) is 13.2 Å². The Morgan fingerprint density at radius 2 is 1.78 bits per heavy atom. The van der Waals surface area contributed by atoms with Crippen molar-refractivity contribution < 1.29 is 13.2 Å². The van der Waals surface area contributed by atoms with Crippen LogP contribution in [0.5, 0.6) is 0 Å². The van der Waals surface area contributed by atoms with Gasteiger partial charge in [-0.05, 0) is 93.4 Å². The highest BCUT2D eigenvalue weighted by Crippen LogP contribution is 2.41. The number of carbonyl (C=O) groups excluding carboxylic acids is 1. The van der Waals surface area contributed by atoms with E-state index in [1.54, 1.807) is 18.2 Å². The minimum atomic E-state index is -3.27. The van der Waals surface area contributed by atoms with Crippen LogP contribution in [-0.4, -0.2) is 57.7 Å². The maximum absolute atomic E-state index is 13.8. The predicted octanol–water partition coefficient (Wildman–Crippen LogP) is 3.95. The van der Waals surface area contributed by atoms with Gasteiger partial charge in [-0.3, -0.25) is 4.79 Å². The zero-order valence-corrected chi connectivity index (χ0v) is 22.7. The van der Waals surface area contributed by atoms with Crippen molar-refractivity contribution in [2.75, 3.05) is 32.4 Å². The fraction of sp³-hybridized carbons (Fsp3) is 0.536. The van der Waals surface area contributed by atoms with Crippen molar-refractivity contribution in [1.82, 2.24) is 10.2 Å². The van der Waals surface area contributed by atoms with Crippen molar-refractivity contribution >= 4 is 27.3 Å². The van der Waals surface area contributed by atoms with Gasteiger partial charge < -0.3 is 16.0 Å². The average Bonchev–Trinajstić information content (AvgIpc) is 2.89. The fourth-order valence-electron chi connectivity index (χ4n) is 5.85. The number of nitrogens with zero attached hydrogens (tertiary/aromatic N) is 1. The SMILES string of the molecule is CS(=O)(=O)c1cccc(CCN(C(=O)C2CCNCC2)[C@H]2CC[C@](CN)(c3cccc(Cl)c3)CC2)c1. The molecule has 3 N–H and O–H groups in total. The van der Waals surface area contributed by atoms with Crippen molar-refractivity contribution in [3.05, 3.63) is 64.7 Å². The molecular weight excluding hydrogens is 494 g/mol. The molecule has 1 aliphatic heterocycles. The molecule has 4 rings (SSSR count). The summed E-state index contributed by atoms with van der Waals surface area (Å²) in [5.74, 6) is 0.284. The largest absolute Gasteiger partial charge is 0.339 e. The van der Waals surface area contributed by atoms with E-state index in [4.69, 9.17) is 17.3 Å². The van der Waals surface area contributed by atoms with Crippen LogP contribution < -0.4 is 11.1 Å². The van der Waals surface area contributed by atoms with Crippen LogP contribution in [0.15, 0.2) is 53.4 Å². The Morgan fingerprint density at radius 3 is 2.42 bits per heavy atom. The predicted molar refractivity (Wildman–Crippen MR) is 145 cm³/mol. The number of hydrogen-bond donors (Lipinski definition) is 2. The molecule has 0 spiro atoms. The van der Waals surface area contributed by atoms with E-state index in [0.717, 1.165) is 62.2 Å². The van der Waals surface area contributed by atoms with Gasteiger partial charge in [-0.2, -0.15) is 0 Å². The number of halogens is 1. The van der Waals surface area contributed by atoms with Crippen LogP contribution in [0.3, 0.4) is 0 Å². The van der Waals surface area contributed by atoms with Crippen LogP contribution >= 0.6 is 11.6 Å². The highest BCUT2D eigenvalue weighted by Gasteiger charge is 2.39. The molecule has 36 heavy (non-hydrogen) atoms. The van der Waals surface area contributed by atoms with E-state index < -0.39 is 9.84 Å². The summed E-state index contributed by atoms with van der Waals surface area (Å²) < 4.78 is 24.0. The molecule has 0 aromatic heterocycles. The number of piperidine rings is 1. The first-order chi connectivity index (χ1) is 17.2. The minimum absolute atomic E-state index is 0.0442. The monoisotopic (exact) mass is 531 g/mol. The lowest BCUT2D eigenvalue weighted by Gasteiger charge is -2.44. The average molecular weight is 532 g/mol. The molecule has 8 heteroatoms. The Hall–Kier alpha value is -1.93. The third-order valence-electron chi connectivity index (χ3n) is 8.12.